The minimum Gasteiger partial charge on any atom is -0.280 e. The van der Waals surface area contributed by atoms with Crippen LogP contribution in [0.5, 0.6) is 0 Å². The monoisotopic (exact) mass is 296 g/mol. The molecule has 7 nitrogen and oxygen atoms in total. The molecule has 0 aromatic carbocycles. The summed E-state index contributed by atoms with van der Waals surface area (Å²) in [5.74, 6) is 0.401. The first kappa shape index (κ1) is 11.8. The maximum Gasteiger partial charge on any atom is 0.232 e. The summed E-state index contributed by atoms with van der Waals surface area (Å²) in [6, 6.07) is 0. The van der Waals surface area contributed by atoms with E-state index in [1.165, 1.54) is 4.90 Å². The molecule has 0 bridgehead atoms. The van der Waals surface area contributed by atoms with Crippen LogP contribution in [0.3, 0.4) is 0 Å². The van der Waals surface area contributed by atoms with Crippen molar-refractivity contribution in [2.24, 2.45) is 11.0 Å². The van der Waals surface area contributed by atoms with E-state index in [1.54, 1.807) is 12.4 Å². The van der Waals surface area contributed by atoms with Gasteiger partial charge in [0.25, 0.3) is 0 Å². The van der Waals surface area contributed by atoms with Crippen LogP contribution in [-0.2, 0) is 4.79 Å². The van der Waals surface area contributed by atoms with Crippen molar-refractivity contribution in [3.8, 4) is 0 Å². The van der Waals surface area contributed by atoms with Gasteiger partial charge >= 0.3 is 0 Å². The highest BCUT2D eigenvalue weighted by atomic mass is 79.9. The number of carbonyl (C=O) groups is 1. The molecule has 88 valence electrons. The number of aromatic nitrogens is 2. The molecule has 0 saturated carbocycles. The van der Waals surface area contributed by atoms with Gasteiger partial charge in [0.2, 0.25) is 11.9 Å². The Labute approximate surface area is 106 Å². The number of nitrogens with zero attached hydrogens (tertiary/aromatic N) is 6. The minimum atomic E-state index is -0.0366. The Hall–Kier alpha value is -1.66. The molecule has 1 amide bonds. The van der Waals surface area contributed by atoms with Crippen molar-refractivity contribution >= 4 is 27.8 Å². The molecule has 1 fully saturated rings. The van der Waals surface area contributed by atoms with E-state index < -0.39 is 0 Å². The normalized spacial score (nSPS) is 19.2. The van der Waals surface area contributed by atoms with Crippen molar-refractivity contribution in [2.45, 2.75) is 6.42 Å². The lowest BCUT2D eigenvalue weighted by Gasteiger charge is -2.13. The zero-order valence-corrected chi connectivity index (χ0v) is 10.4. The van der Waals surface area contributed by atoms with Crippen LogP contribution in [0, 0.1) is 5.92 Å². The van der Waals surface area contributed by atoms with Crippen LogP contribution >= 0.6 is 15.9 Å². The molecule has 1 atom stereocenters. The SMILES string of the molecule is [N-]=[N+]=NCC1CC(=O)N(c2ncc(Br)cn2)C1. The van der Waals surface area contributed by atoms with Crippen LogP contribution in [-0.4, -0.2) is 29.0 Å². The van der Waals surface area contributed by atoms with Gasteiger partial charge in [-0.25, -0.2) is 9.97 Å². The van der Waals surface area contributed by atoms with Gasteiger partial charge in [0.15, 0.2) is 0 Å². The summed E-state index contributed by atoms with van der Waals surface area (Å²) >= 11 is 3.23. The highest BCUT2D eigenvalue weighted by Crippen LogP contribution is 2.22. The molecule has 1 unspecified atom stereocenters. The van der Waals surface area contributed by atoms with Crippen LogP contribution < -0.4 is 4.90 Å². The van der Waals surface area contributed by atoms with E-state index in [9.17, 15) is 4.79 Å². The number of anilines is 1. The smallest absolute Gasteiger partial charge is 0.232 e. The fraction of sp³-hybridized carbons (Fsp3) is 0.444. The van der Waals surface area contributed by atoms with Crippen LogP contribution in [0.25, 0.3) is 10.4 Å². The van der Waals surface area contributed by atoms with Gasteiger partial charge in [-0.2, -0.15) is 0 Å². The predicted molar refractivity (Wildman–Crippen MR) is 64.2 cm³/mol. The van der Waals surface area contributed by atoms with Gasteiger partial charge in [0.1, 0.15) is 0 Å². The van der Waals surface area contributed by atoms with Crippen molar-refractivity contribution < 1.29 is 4.79 Å². The number of azide groups is 1. The zero-order chi connectivity index (χ0) is 12.3. The second-order valence-electron chi connectivity index (χ2n) is 3.69. The summed E-state index contributed by atoms with van der Waals surface area (Å²) in [6.07, 6.45) is 3.56. The first-order chi connectivity index (χ1) is 8.20. The number of rotatable bonds is 3. The van der Waals surface area contributed by atoms with E-state index in [-0.39, 0.29) is 11.8 Å². The van der Waals surface area contributed by atoms with Gasteiger partial charge in [-0.15, -0.1) is 0 Å². The number of hydrogen-bond acceptors (Lipinski definition) is 4. The maximum atomic E-state index is 11.7. The lowest BCUT2D eigenvalue weighted by Crippen LogP contribution is -2.26. The molecule has 1 aliphatic rings. The molecule has 0 radical (unpaired) electrons. The Kier molecular flexibility index (Phi) is 3.55. The van der Waals surface area contributed by atoms with Crippen molar-refractivity contribution in [1.82, 2.24) is 9.97 Å². The highest BCUT2D eigenvalue weighted by Gasteiger charge is 2.31. The standard InChI is InChI=1S/C9H9BrN6O/c10-7-3-12-9(13-4-7)16-5-6(1-8(16)17)2-14-15-11/h3-4,6H,1-2,5H2. The quantitative estimate of drug-likeness (QED) is 0.484. The van der Waals surface area contributed by atoms with E-state index in [1.807, 2.05) is 0 Å². The van der Waals surface area contributed by atoms with Crippen molar-refractivity contribution in [1.29, 1.82) is 0 Å². The van der Waals surface area contributed by atoms with Gasteiger partial charge in [-0.1, -0.05) is 5.11 Å². The molecule has 0 aliphatic carbocycles. The Bertz CT molecular complexity index is 469. The fourth-order valence-electron chi connectivity index (χ4n) is 1.69. The van der Waals surface area contributed by atoms with E-state index in [0.29, 0.717) is 25.5 Å². The van der Waals surface area contributed by atoms with E-state index in [0.717, 1.165) is 4.47 Å². The molecule has 2 heterocycles. The molecule has 0 N–H and O–H groups in total. The average Bonchev–Trinajstić information content (AvgIpc) is 2.69. The average molecular weight is 297 g/mol. The molecule has 8 heteroatoms. The first-order valence-electron chi connectivity index (χ1n) is 4.99. The molecule has 0 spiro atoms. The van der Waals surface area contributed by atoms with Crippen LogP contribution in [0.4, 0.5) is 5.95 Å². The van der Waals surface area contributed by atoms with Gasteiger partial charge in [0, 0.05) is 36.8 Å². The van der Waals surface area contributed by atoms with E-state index in [2.05, 4.69) is 35.9 Å². The molecule has 1 saturated heterocycles. The first-order valence-corrected chi connectivity index (χ1v) is 5.79. The molecule has 1 aliphatic heterocycles. The van der Waals surface area contributed by atoms with Crippen LogP contribution in [0.1, 0.15) is 6.42 Å². The van der Waals surface area contributed by atoms with Crippen molar-refractivity contribution in [3.05, 3.63) is 27.3 Å². The Morgan fingerprint density at radius 3 is 2.94 bits per heavy atom. The third kappa shape index (κ3) is 2.72. The summed E-state index contributed by atoms with van der Waals surface area (Å²) in [5.41, 5.74) is 8.24. The summed E-state index contributed by atoms with van der Waals surface area (Å²) in [7, 11) is 0. The summed E-state index contributed by atoms with van der Waals surface area (Å²) in [4.78, 5) is 24.1. The van der Waals surface area contributed by atoms with Crippen LogP contribution in [0.15, 0.2) is 22.0 Å². The number of halogens is 1. The zero-order valence-electron chi connectivity index (χ0n) is 8.82. The molecule has 17 heavy (non-hydrogen) atoms. The Morgan fingerprint density at radius 1 is 1.59 bits per heavy atom. The second kappa shape index (κ2) is 5.11. The number of carbonyl (C=O) groups excluding carboxylic acids is 1. The molecule has 2 rings (SSSR count). The van der Waals surface area contributed by atoms with Crippen molar-refractivity contribution in [3.63, 3.8) is 0 Å². The van der Waals surface area contributed by atoms with E-state index in [4.69, 9.17) is 5.53 Å². The predicted octanol–water partition coefficient (Wildman–Crippen LogP) is 1.90. The summed E-state index contributed by atoms with van der Waals surface area (Å²) in [5, 5.41) is 3.48. The Morgan fingerprint density at radius 2 is 2.29 bits per heavy atom. The number of amides is 1. The third-order valence-corrected chi connectivity index (χ3v) is 2.87. The van der Waals surface area contributed by atoms with Crippen LogP contribution in [0.2, 0.25) is 0 Å². The molecular weight excluding hydrogens is 288 g/mol. The lowest BCUT2D eigenvalue weighted by atomic mass is 10.1. The minimum absolute atomic E-state index is 0.0366. The summed E-state index contributed by atoms with van der Waals surface area (Å²) in [6.45, 7) is 0.828. The van der Waals surface area contributed by atoms with Gasteiger partial charge in [-0.05, 0) is 27.4 Å². The largest absolute Gasteiger partial charge is 0.280 e. The Balaban J connectivity index is 2.10. The third-order valence-electron chi connectivity index (χ3n) is 2.46. The van der Waals surface area contributed by atoms with Gasteiger partial charge in [0.05, 0.1) is 4.47 Å². The molecule has 1 aromatic rings. The summed E-state index contributed by atoms with van der Waals surface area (Å²) < 4.78 is 0.763. The highest BCUT2D eigenvalue weighted by molar-refractivity contribution is 9.10. The maximum absolute atomic E-state index is 11.7. The second-order valence-corrected chi connectivity index (χ2v) is 4.60. The lowest BCUT2D eigenvalue weighted by molar-refractivity contribution is -0.117. The van der Waals surface area contributed by atoms with Crippen molar-refractivity contribution in [2.75, 3.05) is 18.0 Å². The fourth-order valence-corrected chi connectivity index (χ4v) is 1.90. The topological polar surface area (TPSA) is 94.9 Å². The van der Waals surface area contributed by atoms with E-state index >= 15 is 0 Å². The number of hydrogen-bond donors (Lipinski definition) is 0. The molecule has 1 aromatic heterocycles. The van der Waals surface area contributed by atoms with Gasteiger partial charge < -0.3 is 0 Å². The molecular formula is C9H9BrN6O. The van der Waals surface area contributed by atoms with Gasteiger partial charge in [-0.3, -0.25) is 9.69 Å².